The molecule has 3 atom stereocenters. The Morgan fingerprint density at radius 1 is 1.33 bits per heavy atom. The fourth-order valence-corrected chi connectivity index (χ4v) is 7.19. The van der Waals surface area contributed by atoms with Crippen molar-refractivity contribution in [3.63, 3.8) is 0 Å². The van der Waals surface area contributed by atoms with Crippen LogP contribution in [-0.4, -0.2) is 61.2 Å². The summed E-state index contributed by atoms with van der Waals surface area (Å²) in [4.78, 5) is 19.3. The monoisotopic (exact) mass is 466 g/mol. The molecule has 1 N–H and O–H groups in total. The fraction of sp³-hybridized carbons (Fsp3) is 0.429. The fourth-order valence-electron chi connectivity index (χ4n) is 4.63. The molecular formula is C21H23ClN2O4S2. The molecule has 30 heavy (non-hydrogen) atoms. The Hall–Kier alpha value is -1.77. The summed E-state index contributed by atoms with van der Waals surface area (Å²) < 4.78 is 25.3. The van der Waals surface area contributed by atoms with Gasteiger partial charge in [-0.15, -0.1) is 11.8 Å². The molecule has 3 heterocycles. The number of piperidine rings is 1. The summed E-state index contributed by atoms with van der Waals surface area (Å²) in [6, 6.07) is 7.37. The van der Waals surface area contributed by atoms with E-state index in [-0.39, 0.29) is 28.5 Å². The lowest BCUT2D eigenvalue weighted by atomic mass is 9.86. The Bertz CT molecular complexity index is 1050. The molecule has 3 aliphatic heterocycles. The summed E-state index contributed by atoms with van der Waals surface area (Å²) >= 11 is 7.61. The quantitative estimate of drug-likeness (QED) is 0.712. The molecule has 0 amide bonds. The molecule has 0 spiro atoms. The van der Waals surface area contributed by atoms with E-state index in [9.17, 15) is 18.3 Å². The van der Waals surface area contributed by atoms with Crippen LogP contribution in [0.2, 0.25) is 5.02 Å². The first-order chi connectivity index (χ1) is 14.3. The Morgan fingerprint density at radius 2 is 2.07 bits per heavy atom. The van der Waals surface area contributed by atoms with Crippen LogP contribution in [0.25, 0.3) is 0 Å². The molecule has 0 aromatic heterocycles. The van der Waals surface area contributed by atoms with Crippen molar-refractivity contribution in [1.29, 1.82) is 0 Å². The molecule has 3 unspecified atom stereocenters. The summed E-state index contributed by atoms with van der Waals surface area (Å²) in [5, 5.41) is 9.91. The average Bonchev–Trinajstić information content (AvgIpc) is 2.83. The van der Waals surface area contributed by atoms with Gasteiger partial charge in [0, 0.05) is 46.2 Å². The zero-order chi connectivity index (χ0) is 21.5. The summed E-state index contributed by atoms with van der Waals surface area (Å²) in [5.41, 5.74) is 1.64. The van der Waals surface area contributed by atoms with E-state index in [4.69, 9.17) is 11.6 Å². The van der Waals surface area contributed by atoms with E-state index in [1.165, 1.54) is 12.5 Å². The number of aliphatic carboxylic acids is 1. The van der Waals surface area contributed by atoms with Crippen molar-refractivity contribution in [2.45, 2.75) is 35.4 Å². The van der Waals surface area contributed by atoms with Gasteiger partial charge in [-0.25, -0.2) is 8.42 Å². The number of thioether (sulfide) groups is 1. The van der Waals surface area contributed by atoms with Crippen molar-refractivity contribution in [3.8, 4) is 0 Å². The second kappa shape index (κ2) is 8.40. The van der Waals surface area contributed by atoms with Crippen LogP contribution in [0.5, 0.6) is 0 Å². The van der Waals surface area contributed by atoms with Crippen molar-refractivity contribution in [2.24, 2.45) is 10.9 Å². The van der Waals surface area contributed by atoms with Crippen LogP contribution >= 0.6 is 23.4 Å². The number of halogens is 1. The van der Waals surface area contributed by atoms with Crippen LogP contribution in [0, 0.1) is 5.92 Å². The van der Waals surface area contributed by atoms with Crippen LogP contribution < -0.4 is 0 Å². The van der Waals surface area contributed by atoms with Gasteiger partial charge in [-0.3, -0.25) is 9.79 Å². The molecule has 3 aliphatic rings. The van der Waals surface area contributed by atoms with Gasteiger partial charge in [-0.05, 0) is 49.1 Å². The topological polar surface area (TPSA) is 87.0 Å². The van der Waals surface area contributed by atoms with Crippen LogP contribution in [-0.2, 0) is 14.6 Å². The number of sulfone groups is 1. The van der Waals surface area contributed by atoms with Gasteiger partial charge >= 0.3 is 5.97 Å². The van der Waals surface area contributed by atoms with E-state index >= 15 is 0 Å². The van der Waals surface area contributed by atoms with Gasteiger partial charge in [-0.2, -0.15) is 0 Å². The molecule has 160 valence electrons. The molecule has 1 aromatic rings. The SMILES string of the molecule is CS(=O)(=O)C1=C2C(=CCN=C1)N1CCCC(CC(=O)O)C1C2Sc1ccc(Cl)cc1. The molecule has 6 nitrogen and oxygen atoms in total. The third kappa shape index (κ3) is 4.18. The first-order valence-electron chi connectivity index (χ1n) is 9.81. The third-order valence-corrected chi connectivity index (χ3v) is 8.46. The number of rotatable bonds is 5. The van der Waals surface area contributed by atoms with Crippen molar-refractivity contribution in [2.75, 3.05) is 19.3 Å². The minimum absolute atomic E-state index is 0.0564. The first-order valence-corrected chi connectivity index (χ1v) is 13.0. The van der Waals surface area contributed by atoms with Gasteiger partial charge in [0.1, 0.15) is 0 Å². The van der Waals surface area contributed by atoms with Crippen LogP contribution in [0.3, 0.4) is 0 Å². The molecule has 2 fully saturated rings. The highest BCUT2D eigenvalue weighted by Gasteiger charge is 2.49. The minimum Gasteiger partial charge on any atom is -0.481 e. The molecule has 1 aromatic carbocycles. The lowest BCUT2D eigenvalue weighted by Gasteiger charge is -2.39. The Balaban J connectivity index is 1.87. The molecule has 0 aliphatic carbocycles. The Labute approximate surface area is 185 Å². The number of fused-ring (bicyclic) bond motifs is 3. The minimum atomic E-state index is -3.51. The van der Waals surface area contributed by atoms with Gasteiger partial charge < -0.3 is 10.0 Å². The number of aliphatic imine (C=N–C) groups is 1. The second-order valence-corrected chi connectivity index (χ2v) is 11.4. The van der Waals surface area contributed by atoms with Crippen LogP contribution in [0.4, 0.5) is 0 Å². The lowest BCUT2D eigenvalue weighted by molar-refractivity contribution is -0.138. The number of hydrogen-bond donors (Lipinski definition) is 1. The predicted molar refractivity (Wildman–Crippen MR) is 120 cm³/mol. The summed E-state index contributed by atoms with van der Waals surface area (Å²) in [5.74, 6) is -0.879. The average molecular weight is 467 g/mol. The molecule has 0 radical (unpaired) electrons. The standard InChI is InChI=1S/C21H23ClN2O4S2/c1-30(27,28)17-12-23-9-8-16-19(17)21(29-15-6-4-14(22)5-7-15)20-13(11-18(25)26)3-2-10-24(16)20/h4-8,12-13,20-21H,2-3,9-11H2,1H3,(H,25,26). The van der Waals surface area contributed by atoms with E-state index in [0.717, 1.165) is 35.6 Å². The van der Waals surface area contributed by atoms with E-state index in [0.29, 0.717) is 11.6 Å². The number of benzene rings is 1. The maximum absolute atomic E-state index is 12.7. The largest absolute Gasteiger partial charge is 0.481 e. The number of carboxylic acids is 1. The highest BCUT2D eigenvalue weighted by Crippen LogP contribution is 2.50. The van der Waals surface area contributed by atoms with E-state index < -0.39 is 15.8 Å². The Morgan fingerprint density at radius 3 is 2.73 bits per heavy atom. The second-order valence-electron chi connectivity index (χ2n) is 7.81. The van der Waals surface area contributed by atoms with Crippen molar-refractivity contribution < 1.29 is 18.3 Å². The van der Waals surface area contributed by atoms with Crippen molar-refractivity contribution >= 4 is 45.4 Å². The number of carbonyl (C=O) groups is 1. The lowest BCUT2D eigenvalue weighted by Crippen LogP contribution is -2.45. The van der Waals surface area contributed by atoms with Crippen molar-refractivity contribution in [1.82, 2.24) is 4.90 Å². The zero-order valence-electron chi connectivity index (χ0n) is 16.5. The van der Waals surface area contributed by atoms with Crippen LogP contribution in [0.15, 0.2) is 56.4 Å². The molecule has 9 heteroatoms. The first kappa shape index (κ1) is 21.5. The number of hydrogen-bond acceptors (Lipinski definition) is 6. The third-order valence-electron chi connectivity index (χ3n) is 5.77. The molecular weight excluding hydrogens is 444 g/mol. The normalized spacial score (nSPS) is 26.1. The van der Waals surface area contributed by atoms with Crippen LogP contribution in [0.1, 0.15) is 19.3 Å². The van der Waals surface area contributed by atoms with Crippen molar-refractivity contribution in [3.05, 3.63) is 51.5 Å². The zero-order valence-corrected chi connectivity index (χ0v) is 18.9. The maximum atomic E-state index is 12.7. The molecule has 0 bridgehead atoms. The van der Waals surface area contributed by atoms with Gasteiger partial charge in [-0.1, -0.05) is 11.6 Å². The number of allylic oxidation sites excluding steroid dienone is 2. The summed E-state index contributed by atoms with van der Waals surface area (Å²) in [7, 11) is -3.51. The van der Waals surface area contributed by atoms with Gasteiger partial charge in [0.05, 0.1) is 23.1 Å². The number of carboxylic acid groups (broad SMARTS) is 1. The van der Waals surface area contributed by atoms with Gasteiger partial charge in [0.2, 0.25) is 0 Å². The summed E-state index contributed by atoms with van der Waals surface area (Å²) in [6.07, 6.45) is 6.42. The van der Waals surface area contributed by atoms with E-state index in [1.54, 1.807) is 11.8 Å². The Kier molecular flexibility index (Phi) is 6.01. The molecule has 4 rings (SSSR count). The smallest absolute Gasteiger partial charge is 0.303 e. The highest BCUT2D eigenvalue weighted by molar-refractivity contribution is 8.00. The van der Waals surface area contributed by atoms with E-state index in [1.807, 2.05) is 30.3 Å². The predicted octanol–water partition coefficient (Wildman–Crippen LogP) is 3.64. The maximum Gasteiger partial charge on any atom is 0.303 e. The molecule has 2 saturated heterocycles. The number of nitrogens with zero attached hydrogens (tertiary/aromatic N) is 2. The van der Waals surface area contributed by atoms with E-state index in [2.05, 4.69) is 9.89 Å². The summed E-state index contributed by atoms with van der Waals surface area (Å²) in [6.45, 7) is 1.19. The van der Waals surface area contributed by atoms with Gasteiger partial charge in [0.25, 0.3) is 0 Å². The highest BCUT2D eigenvalue weighted by atomic mass is 35.5. The van der Waals surface area contributed by atoms with Gasteiger partial charge in [0.15, 0.2) is 9.84 Å². The molecule has 0 saturated carbocycles.